The summed E-state index contributed by atoms with van der Waals surface area (Å²) >= 11 is 0. The summed E-state index contributed by atoms with van der Waals surface area (Å²) in [5, 5.41) is 12.4. The minimum absolute atomic E-state index is 0.0652. The molecule has 0 saturated heterocycles. The van der Waals surface area contributed by atoms with Gasteiger partial charge in [-0.25, -0.2) is 9.97 Å². The first-order valence-corrected chi connectivity index (χ1v) is 9.12. The van der Waals surface area contributed by atoms with E-state index in [1.165, 1.54) is 18.5 Å². The molecule has 29 heavy (non-hydrogen) atoms. The highest BCUT2D eigenvalue weighted by Crippen LogP contribution is 2.39. The van der Waals surface area contributed by atoms with E-state index in [2.05, 4.69) is 15.3 Å². The molecule has 0 unspecified atom stereocenters. The lowest BCUT2D eigenvalue weighted by Crippen LogP contribution is -2.17. The first-order valence-electron chi connectivity index (χ1n) is 9.12. The fourth-order valence-corrected chi connectivity index (χ4v) is 2.95. The monoisotopic (exact) mass is 403 g/mol. The molecule has 0 atom stereocenters. The second-order valence-corrected chi connectivity index (χ2v) is 6.46. The maximum atomic E-state index is 13.6. The van der Waals surface area contributed by atoms with Crippen molar-refractivity contribution >= 4 is 11.0 Å². The van der Waals surface area contributed by atoms with Gasteiger partial charge in [-0.15, -0.1) is 0 Å². The number of aryl methyl sites for hydroxylation is 1. The van der Waals surface area contributed by atoms with Gasteiger partial charge in [0.1, 0.15) is 17.3 Å². The Morgan fingerprint density at radius 1 is 1.28 bits per heavy atom. The maximum Gasteiger partial charge on any atom is 0.419 e. The largest absolute Gasteiger partial charge is 0.493 e. The van der Waals surface area contributed by atoms with Gasteiger partial charge in [0.2, 0.25) is 0 Å². The Hall–Kier alpha value is -3.12. The van der Waals surface area contributed by atoms with Crippen LogP contribution in [0.2, 0.25) is 0 Å². The van der Waals surface area contributed by atoms with Crippen molar-refractivity contribution in [2.75, 3.05) is 19.7 Å². The van der Waals surface area contributed by atoms with E-state index >= 15 is 0 Å². The van der Waals surface area contributed by atoms with Crippen molar-refractivity contribution in [3.63, 3.8) is 0 Å². The first-order chi connectivity index (χ1) is 13.8. The number of alkyl halides is 3. The highest BCUT2D eigenvalue weighted by Gasteiger charge is 2.35. The molecule has 0 radical (unpaired) electrons. The molecule has 0 aliphatic carbocycles. The number of hydrogen-bond donors (Lipinski definition) is 1. The van der Waals surface area contributed by atoms with Gasteiger partial charge in [0.05, 0.1) is 29.7 Å². The number of aromatic nitrogens is 3. The van der Waals surface area contributed by atoms with Gasteiger partial charge >= 0.3 is 6.18 Å². The number of halogens is 3. The molecule has 0 fully saturated rings. The average Bonchev–Trinajstić information content (AvgIpc) is 3.07. The molecular weight excluding hydrogens is 383 g/mol. The van der Waals surface area contributed by atoms with E-state index in [0.29, 0.717) is 24.0 Å². The van der Waals surface area contributed by atoms with Crippen LogP contribution >= 0.6 is 0 Å². The Morgan fingerprint density at radius 3 is 2.76 bits per heavy atom. The minimum atomic E-state index is -4.58. The van der Waals surface area contributed by atoms with Crippen molar-refractivity contribution in [2.24, 2.45) is 7.05 Å². The Kier molecular flexibility index (Phi) is 6.03. The van der Waals surface area contributed by atoms with Crippen molar-refractivity contribution in [1.29, 1.82) is 5.26 Å². The van der Waals surface area contributed by atoms with Crippen LogP contribution in [0.15, 0.2) is 30.6 Å². The summed E-state index contributed by atoms with van der Waals surface area (Å²) in [6.45, 7) is 3.59. The molecule has 6 nitrogen and oxygen atoms in total. The van der Waals surface area contributed by atoms with Crippen LogP contribution in [-0.4, -0.2) is 34.2 Å². The van der Waals surface area contributed by atoms with E-state index in [9.17, 15) is 18.4 Å². The maximum absolute atomic E-state index is 13.6. The van der Waals surface area contributed by atoms with Gasteiger partial charge < -0.3 is 14.6 Å². The minimum Gasteiger partial charge on any atom is -0.493 e. The van der Waals surface area contributed by atoms with Crippen LogP contribution in [0, 0.1) is 11.3 Å². The number of ether oxygens (including phenoxy) is 1. The fourth-order valence-electron chi connectivity index (χ4n) is 2.95. The molecule has 2 aromatic heterocycles. The van der Waals surface area contributed by atoms with Crippen LogP contribution in [0.1, 0.15) is 24.6 Å². The number of nitriles is 1. The summed E-state index contributed by atoms with van der Waals surface area (Å²) in [5.41, 5.74) is 0.734. The predicted octanol–water partition coefficient (Wildman–Crippen LogP) is 3.90. The molecule has 1 N–H and O–H groups in total. The SMILES string of the molecule is CCNCCCOc1ccc(-c2cc3c(ncn3C)c(C#N)n2)cc1C(F)(F)F. The van der Waals surface area contributed by atoms with Gasteiger partial charge in [0.25, 0.3) is 0 Å². The van der Waals surface area contributed by atoms with Gasteiger partial charge in [0.15, 0.2) is 5.69 Å². The Morgan fingerprint density at radius 2 is 2.07 bits per heavy atom. The molecule has 1 aromatic carbocycles. The number of nitrogens with one attached hydrogen (secondary N) is 1. The zero-order valence-corrected chi connectivity index (χ0v) is 16.0. The Labute approximate surface area is 166 Å². The topological polar surface area (TPSA) is 75.8 Å². The number of pyridine rings is 1. The number of hydrogen-bond acceptors (Lipinski definition) is 5. The molecular formula is C20H20F3N5O. The number of imidazole rings is 1. The van der Waals surface area contributed by atoms with Gasteiger partial charge in [0, 0.05) is 12.6 Å². The third-order valence-electron chi connectivity index (χ3n) is 4.40. The second kappa shape index (κ2) is 8.49. The highest BCUT2D eigenvalue weighted by atomic mass is 19.4. The molecule has 152 valence electrons. The van der Waals surface area contributed by atoms with Crippen LogP contribution in [0.3, 0.4) is 0 Å². The van der Waals surface area contributed by atoms with Crippen molar-refractivity contribution in [3.05, 3.63) is 41.9 Å². The van der Waals surface area contributed by atoms with Crippen molar-refractivity contribution in [3.8, 4) is 23.1 Å². The summed E-state index contributed by atoms with van der Waals surface area (Å²) in [7, 11) is 1.74. The van der Waals surface area contributed by atoms with Crippen LogP contribution in [0.4, 0.5) is 13.2 Å². The van der Waals surface area contributed by atoms with Gasteiger partial charge in [-0.05, 0) is 43.8 Å². The summed E-state index contributed by atoms with van der Waals surface area (Å²) in [4.78, 5) is 8.32. The van der Waals surface area contributed by atoms with Gasteiger partial charge in [-0.1, -0.05) is 6.92 Å². The highest BCUT2D eigenvalue weighted by molar-refractivity contribution is 5.84. The molecule has 0 aliphatic heterocycles. The van der Waals surface area contributed by atoms with E-state index < -0.39 is 11.7 Å². The number of fused-ring (bicyclic) bond motifs is 1. The van der Waals surface area contributed by atoms with E-state index in [1.54, 1.807) is 17.7 Å². The van der Waals surface area contributed by atoms with Crippen LogP contribution in [0.5, 0.6) is 5.75 Å². The Balaban J connectivity index is 1.98. The summed E-state index contributed by atoms with van der Waals surface area (Å²) < 4.78 is 47.9. The van der Waals surface area contributed by atoms with Crippen molar-refractivity contribution in [2.45, 2.75) is 19.5 Å². The second-order valence-electron chi connectivity index (χ2n) is 6.46. The van der Waals surface area contributed by atoms with Gasteiger partial charge in [-0.2, -0.15) is 18.4 Å². The third-order valence-corrected chi connectivity index (χ3v) is 4.40. The normalized spacial score (nSPS) is 11.6. The zero-order chi connectivity index (χ0) is 21.0. The molecule has 0 spiro atoms. The van der Waals surface area contributed by atoms with E-state index in [1.807, 2.05) is 13.0 Å². The van der Waals surface area contributed by atoms with Gasteiger partial charge in [-0.3, -0.25) is 0 Å². The first kappa shape index (κ1) is 20.6. The van der Waals surface area contributed by atoms with Crippen LogP contribution in [-0.2, 0) is 13.2 Å². The zero-order valence-electron chi connectivity index (χ0n) is 16.0. The lowest BCUT2D eigenvalue weighted by molar-refractivity contribution is -0.138. The summed E-state index contributed by atoms with van der Waals surface area (Å²) in [5.74, 6) is -0.222. The lowest BCUT2D eigenvalue weighted by Gasteiger charge is -2.15. The van der Waals surface area contributed by atoms with Crippen LogP contribution in [0.25, 0.3) is 22.3 Å². The molecule has 0 aliphatic rings. The Bertz CT molecular complexity index is 1050. The smallest absolute Gasteiger partial charge is 0.419 e. The lowest BCUT2D eigenvalue weighted by atomic mass is 10.1. The molecule has 0 saturated carbocycles. The number of benzene rings is 1. The molecule has 0 bridgehead atoms. The standard InChI is InChI=1S/C20H20F3N5O/c1-3-25-7-4-8-29-18-6-5-13(9-14(18)20(21,22)23)15-10-17-19(16(11-24)27-15)26-12-28(17)2/h5-6,9-10,12,25H,3-4,7-8H2,1-2H3. The fraction of sp³-hybridized carbons (Fsp3) is 0.350. The predicted molar refractivity (Wildman–Crippen MR) is 102 cm³/mol. The van der Waals surface area contributed by atoms with E-state index in [4.69, 9.17) is 4.74 Å². The van der Waals surface area contributed by atoms with Crippen molar-refractivity contribution in [1.82, 2.24) is 19.9 Å². The molecule has 3 aromatic rings. The molecule has 9 heteroatoms. The van der Waals surface area contributed by atoms with Crippen molar-refractivity contribution < 1.29 is 17.9 Å². The number of nitrogens with zero attached hydrogens (tertiary/aromatic N) is 4. The summed E-state index contributed by atoms with van der Waals surface area (Å²) in [6, 6.07) is 7.39. The summed E-state index contributed by atoms with van der Waals surface area (Å²) in [6.07, 6.45) is -2.46. The molecule has 2 heterocycles. The van der Waals surface area contributed by atoms with Crippen LogP contribution < -0.4 is 10.1 Å². The molecule has 0 amide bonds. The average molecular weight is 403 g/mol. The third kappa shape index (κ3) is 4.49. The molecule has 3 rings (SSSR count). The number of rotatable bonds is 7. The van der Waals surface area contributed by atoms with E-state index in [0.717, 1.165) is 12.6 Å². The van der Waals surface area contributed by atoms with E-state index in [-0.39, 0.29) is 29.3 Å². The quantitative estimate of drug-likeness (QED) is 0.606.